The highest BCUT2D eigenvalue weighted by Gasteiger charge is 2.20. The van der Waals surface area contributed by atoms with Gasteiger partial charge in [0, 0.05) is 17.0 Å². The zero-order valence-corrected chi connectivity index (χ0v) is 18.8. The summed E-state index contributed by atoms with van der Waals surface area (Å²) in [6.45, 7) is 12.8. The van der Waals surface area contributed by atoms with Crippen LogP contribution in [0.4, 0.5) is 0 Å². The molecule has 0 unspecified atom stereocenters. The van der Waals surface area contributed by atoms with E-state index in [0.29, 0.717) is 5.82 Å². The van der Waals surface area contributed by atoms with Crippen LogP contribution >= 0.6 is 0 Å². The van der Waals surface area contributed by atoms with Gasteiger partial charge in [-0.25, -0.2) is 19.5 Å². The Morgan fingerprint density at radius 2 is 1.58 bits per heavy atom. The van der Waals surface area contributed by atoms with E-state index in [2.05, 4.69) is 63.5 Å². The predicted molar refractivity (Wildman–Crippen MR) is 124 cm³/mol. The first-order chi connectivity index (χ1) is 14.7. The van der Waals surface area contributed by atoms with Crippen molar-refractivity contribution < 1.29 is 0 Å². The summed E-state index contributed by atoms with van der Waals surface area (Å²) in [4.78, 5) is 14.4. The molecule has 0 atom stereocenters. The first-order valence-electron chi connectivity index (χ1n) is 10.5. The summed E-state index contributed by atoms with van der Waals surface area (Å²) in [5, 5.41) is 5.72. The Hall–Kier alpha value is -3.54. The van der Waals surface area contributed by atoms with Crippen LogP contribution in [0.2, 0.25) is 0 Å². The van der Waals surface area contributed by atoms with Gasteiger partial charge in [-0.1, -0.05) is 51.1 Å². The second-order valence-corrected chi connectivity index (χ2v) is 9.16. The zero-order valence-electron chi connectivity index (χ0n) is 18.8. The Bertz CT molecular complexity index is 1430. The van der Waals surface area contributed by atoms with Crippen LogP contribution < -0.4 is 0 Å². The molecule has 6 nitrogen and oxygen atoms in total. The summed E-state index contributed by atoms with van der Waals surface area (Å²) in [6.07, 6.45) is 1.74. The number of fused-ring (bicyclic) bond motifs is 3. The molecular weight excluding hydrogens is 384 g/mol. The standard InChI is InChI=1S/C25H26N6/c1-15-8-7-9-20(27-15)31-17(3)16(2)21-23(31)26-14-30-24(21)28-22(29-30)18-10-12-19(13-11-18)25(4,5)6/h7-14H,1-6H3. The predicted octanol–water partition coefficient (Wildman–Crippen LogP) is 5.35. The number of benzene rings is 1. The van der Waals surface area contributed by atoms with Crippen LogP contribution in [0.1, 0.15) is 43.3 Å². The molecule has 6 heteroatoms. The maximum Gasteiger partial charge on any atom is 0.182 e. The lowest BCUT2D eigenvalue weighted by Crippen LogP contribution is -2.10. The van der Waals surface area contributed by atoms with Crippen molar-refractivity contribution in [1.29, 1.82) is 0 Å². The third-order valence-electron chi connectivity index (χ3n) is 5.94. The normalized spacial score (nSPS) is 12.2. The van der Waals surface area contributed by atoms with Gasteiger partial charge < -0.3 is 0 Å². The summed E-state index contributed by atoms with van der Waals surface area (Å²) >= 11 is 0. The van der Waals surface area contributed by atoms with Crippen LogP contribution in [0.5, 0.6) is 0 Å². The first kappa shape index (κ1) is 19.4. The van der Waals surface area contributed by atoms with Crippen LogP contribution in [-0.4, -0.2) is 29.1 Å². The first-order valence-corrected chi connectivity index (χ1v) is 10.5. The van der Waals surface area contributed by atoms with E-state index in [1.54, 1.807) is 10.8 Å². The fraction of sp³-hybridized carbons (Fsp3) is 0.280. The monoisotopic (exact) mass is 410 g/mol. The minimum absolute atomic E-state index is 0.113. The molecule has 1 aromatic carbocycles. The van der Waals surface area contributed by atoms with Gasteiger partial charge in [0.1, 0.15) is 12.1 Å². The minimum Gasteiger partial charge on any atom is -0.282 e. The topological polar surface area (TPSA) is 60.9 Å². The van der Waals surface area contributed by atoms with Crippen molar-refractivity contribution in [1.82, 2.24) is 29.1 Å². The lowest BCUT2D eigenvalue weighted by atomic mass is 9.87. The van der Waals surface area contributed by atoms with Crippen molar-refractivity contribution >= 4 is 16.7 Å². The Labute approximate surface area is 181 Å². The smallest absolute Gasteiger partial charge is 0.182 e. The van der Waals surface area contributed by atoms with E-state index < -0.39 is 0 Å². The van der Waals surface area contributed by atoms with Gasteiger partial charge in [-0.2, -0.15) is 0 Å². The van der Waals surface area contributed by atoms with E-state index in [9.17, 15) is 0 Å². The number of pyridine rings is 1. The highest BCUT2D eigenvalue weighted by Crippen LogP contribution is 2.31. The van der Waals surface area contributed by atoms with E-state index in [1.807, 2.05) is 25.1 Å². The van der Waals surface area contributed by atoms with Crippen molar-refractivity contribution in [2.75, 3.05) is 0 Å². The molecule has 0 saturated heterocycles. The van der Waals surface area contributed by atoms with Crippen LogP contribution in [0.15, 0.2) is 48.8 Å². The van der Waals surface area contributed by atoms with Gasteiger partial charge in [0.15, 0.2) is 17.1 Å². The number of aromatic nitrogens is 6. The Balaban J connectivity index is 1.70. The summed E-state index contributed by atoms with van der Waals surface area (Å²) in [5.74, 6) is 1.57. The second-order valence-electron chi connectivity index (χ2n) is 9.16. The highest BCUT2D eigenvalue weighted by atomic mass is 15.3. The van der Waals surface area contributed by atoms with Gasteiger partial charge in [-0.05, 0) is 49.4 Å². The molecule has 0 aliphatic carbocycles. The minimum atomic E-state index is 0.113. The molecule has 5 aromatic rings. The summed E-state index contributed by atoms with van der Waals surface area (Å²) < 4.78 is 3.87. The van der Waals surface area contributed by atoms with Crippen molar-refractivity contribution in [2.24, 2.45) is 0 Å². The van der Waals surface area contributed by atoms with Crippen molar-refractivity contribution in [3.63, 3.8) is 0 Å². The maximum atomic E-state index is 4.91. The molecule has 0 saturated carbocycles. The van der Waals surface area contributed by atoms with E-state index >= 15 is 0 Å². The highest BCUT2D eigenvalue weighted by molar-refractivity contribution is 5.95. The third-order valence-corrected chi connectivity index (χ3v) is 5.94. The average Bonchev–Trinajstić information content (AvgIpc) is 3.27. The van der Waals surface area contributed by atoms with Crippen LogP contribution in [0.3, 0.4) is 0 Å². The fourth-order valence-electron chi connectivity index (χ4n) is 4.04. The van der Waals surface area contributed by atoms with E-state index in [0.717, 1.165) is 45.0 Å². The molecule has 0 aliphatic heterocycles. The molecule has 0 spiro atoms. The quantitative estimate of drug-likeness (QED) is 0.393. The van der Waals surface area contributed by atoms with Crippen LogP contribution in [0.25, 0.3) is 33.9 Å². The molecule has 0 amide bonds. The third kappa shape index (κ3) is 3.10. The molecular formula is C25H26N6. The molecule has 0 N–H and O–H groups in total. The largest absolute Gasteiger partial charge is 0.282 e. The summed E-state index contributed by atoms with van der Waals surface area (Å²) in [6, 6.07) is 14.5. The molecule has 0 radical (unpaired) electrons. The number of nitrogens with zero attached hydrogens (tertiary/aromatic N) is 6. The molecule has 0 aliphatic rings. The Kier molecular flexibility index (Phi) is 4.22. The number of rotatable bonds is 2. The maximum absolute atomic E-state index is 4.91. The van der Waals surface area contributed by atoms with Crippen molar-refractivity contribution in [3.8, 4) is 17.2 Å². The molecule has 4 aromatic heterocycles. The lowest BCUT2D eigenvalue weighted by Gasteiger charge is -2.18. The van der Waals surface area contributed by atoms with E-state index in [1.165, 1.54) is 5.56 Å². The molecule has 0 fully saturated rings. The van der Waals surface area contributed by atoms with Crippen molar-refractivity contribution in [3.05, 3.63) is 71.3 Å². The number of hydrogen-bond donors (Lipinski definition) is 0. The number of aryl methyl sites for hydroxylation is 2. The molecule has 31 heavy (non-hydrogen) atoms. The lowest BCUT2D eigenvalue weighted by molar-refractivity contribution is 0.590. The molecule has 156 valence electrons. The molecule has 0 bridgehead atoms. The zero-order chi connectivity index (χ0) is 21.9. The summed E-state index contributed by atoms with van der Waals surface area (Å²) in [7, 11) is 0. The van der Waals surface area contributed by atoms with Gasteiger partial charge in [0.05, 0.1) is 5.39 Å². The van der Waals surface area contributed by atoms with Gasteiger partial charge in [0.2, 0.25) is 0 Å². The fourth-order valence-corrected chi connectivity index (χ4v) is 4.04. The van der Waals surface area contributed by atoms with Gasteiger partial charge >= 0.3 is 0 Å². The SMILES string of the molecule is Cc1cccc(-n2c(C)c(C)c3c2ncn2nc(-c4ccc(C(C)(C)C)cc4)nc32)n1. The molecule has 5 rings (SSSR count). The molecule has 4 heterocycles. The van der Waals surface area contributed by atoms with Crippen LogP contribution in [-0.2, 0) is 5.41 Å². The second kappa shape index (κ2) is 6.74. The van der Waals surface area contributed by atoms with Crippen LogP contribution in [0, 0.1) is 20.8 Å². The van der Waals surface area contributed by atoms with Gasteiger partial charge in [-0.3, -0.25) is 4.57 Å². The van der Waals surface area contributed by atoms with Gasteiger partial charge in [0.25, 0.3) is 0 Å². The average molecular weight is 411 g/mol. The summed E-state index contributed by atoms with van der Waals surface area (Å²) in [5.41, 5.74) is 7.28. The van der Waals surface area contributed by atoms with E-state index in [-0.39, 0.29) is 5.41 Å². The Morgan fingerprint density at radius 3 is 2.26 bits per heavy atom. The van der Waals surface area contributed by atoms with Gasteiger partial charge in [-0.15, -0.1) is 5.10 Å². The van der Waals surface area contributed by atoms with Crippen molar-refractivity contribution in [2.45, 2.75) is 47.0 Å². The Morgan fingerprint density at radius 1 is 0.839 bits per heavy atom. The number of hydrogen-bond acceptors (Lipinski definition) is 4. The van der Waals surface area contributed by atoms with E-state index in [4.69, 9.17) is 20.1 Å².